The topological polar surface area (TPSA) is 55.1 Å². The van der Waals surface area contributed by atoms with Gasteiger partial charge in [0.1, 0.15) is 0 Å². The first-order chi connectivity index (χ1) is 7.00. The number of nitrogens with one attached hydrogen (secondary N) is 1. The van der Waals surface area contributed by atoms with Gasteiger partial charge >= 0.3 is 0 Å². The second kappa shape index (κ2) is 4.82. The molecule has 3 heteroatoms. The van der Waals surface area contributed by atoms with E-state index in [1.54, 1.807) is 0 Å². The summed E-state index contributed by atoms with van der Waals surface area (Å²) in [5, 5.41) is 2.86. The number of benzene rings is 1. The third-order valence-corrected chi connectivity index (χ3v) is 2.24. The van der Waals surface area contributed by atoms with Crippen molar-refractivity contribution in [2.24, 2.45) is 5.92 Å². The quantitative estimate of drug-likeness (QED) is 0.747. The molecule has 0 aliphatic heterocycles. The van der Waals surface area contributed by atoms with Gasteiger partial charge in [-0.15, -0.1) is 0 Å². The molecule has 82 valence electrons. The van der Waals surface area contributed by atoms with Gasteiger partial charge < -0.3 is 11.1 Å². The summed E-state index contributed by atoms with van der Waals surface area (Å²) in [4.78, 5) is 11.5. The average molecular weight is 206 g/mol. The van der Waals surface area contributed by atoms with Crippen molar-refractivity contribution in [3.8, 4) is 0 Å². The summed E-state index contributed by atoms with van der Waals surface area (Å²) in [6, 6.07) is 5.53. The van der Waals surface area contributed by atoms with E-state index in [2.05, 4.69) is 5.32 Å². The maximum absolute atomic E-state index is 11.5. The predicted octanol–water partition coefficient (Wildman–Crippen LogP) is 2.56. The molecular formula is C12H18N2O. The number of nitrogens with two attached hydrogens (primary N) is 1. The fraction of sp³-hybridized carbons (Fsp3) is 0.417. The van der Waals surface area contributed by atoms with Crippen LogP contribution in [0.1, 0.15) is 25.8 Å². The van der Waals surface area contributed by atoms with Gasteiger partial charge in [-0.3, -0.25) is 4.79 Å². The summed E-state index contributed by atoms with van der Waals surface area (Å²) in [7, 11) is 0. The molecule has 0 bridgehead atoms. The van der Waals surface area contributed by atoms with Gasteiger partial charge in [0.15, 0.2) is 0 Å². The van der Waals surface area contributed by atoms with Crippen molar-refractivity contribution >= 4 is 17.3 Å². The zero-order chi connectivity index (χ0) is 11.4. The molecule has 0 atom stereocenters. The first-order valence-electron chi connectivity index (χ1n) is 5.15. The van der Waals surface area contributed by atoms with Crippen LogP contribution in [-0.4, -0.2) is 5.91 Å². The molecule has 0 unspecified atom stereocenters. The summed E-state index contributed by atoms with van der Waals surface area (Å²) < 4.78 is 0. The van der Waals surface area contributed by atoms with E-state index in [9.17, 15) is 4.79 Å². The minimum atomic E-state index is 0.0405. The zero-order valence-electron chi connectivity index (χ0n) is 9.50. The number of nitrogen functional groups attached to an aromatic ring is 1. The normalized spacial score (nSPS) is 10.4. The fourth-order valence-corrected chi connectivity index (χ4v) is 1.36. The Balaban J connectivity index is 2.73. The van der Waals surface area contributed by atoms with Crippen LogP contribution in [0.15, 0.2) is 18.2 Å². The van der Waals surface area contributed by atoms with Crippen LogP contribution in [0.5, 0.6) is 0 Å². The molecule has 3 nitrogen and oxygen atoms in total. The van der Waals surface area contributed by atoms with Crippen molar-refractivity contribution in [1.29, 1.82) is 0 Å². The first-order valence-corrected chi connectivity index (χ1v) is 5.15. The number of anilines is 2. The van der Waals surface area contributed by atoms with Gasteiger partial charge in [-0.25, -0.2) is 0 Å². The Labute approximate surface area is 90.7 Å². The largest absolute Gasteiger partial charge is 0.398 e. The van der Waals surface area contributed by atoms with Crippen molar-refractivity contribution in [2.45, 2.75) is 27.2 Å². The van der Waals surface area contributed by atoms with E-state index in [0.29, 0.717) is 18.0 Å². The van der Waals surface area contributed by atoms with Crippen LogP contribution in [0.2, 0.25) is 0 Å². The van der Waals surface area contributed by atoms with Gasteiger partial charge in [-0.2, -0.15) is 0 Å². The van der Waals surface area contributed by atoms with E-state index >= 15 is 0 Å². The Morgan fingerprint density at radius 1 is 1.47 bits per heavy atom. The molecule has 0 saturated heterocycles. The molecule has 1 aromatic rings. The molecule has 0 aromatic heterocycles. The van der Waals surface area contributed by atoms with Crippen LogP contribution in [0.3, 0.4) is 0 Å². The minimum absolute atomic E-state index is 0.0405. The van der Waals surface area contributed by atoms with Gasteiger partial charge in [0.2, 0.25) is 5.91 Å². The van der Waals surface area contributed by atoms with E-state index in [4.69, 9.17) is 5.73 Å². The van der Waals surface area contributed by atoms with Crippen LogP contribution in [-0.2, 0) is 4.79 Å². The summed E-state index contributed by atoms with van der Waals surface area (Å²) in [5.74, 6) is 0.407. The van der Waals surface area contributed by atoms with Crippen molar-refractivity contribution in [3.63, 3.8) is 0 Å². The predicted molar refractivity (Wildman–Crippen MR) is 63.7 cm³/mol. The van der Waals surface area contributed by atoms with Crippen LogP contribution < -0.4 is 11.1 Å². The first kappa shape index (κ1) is 11.6. The molecule has 0 spiro atoms. The Morgan fingerprint density at radius 3 is 2.73 bits per heavy atom. The molecular weight excluding hydrogens is 188 g/mol. The fourth-order valence-electron chi connectivity index (χ4n) is 1.36. The molecule has 0 radical (unpaired) electrons. The van der Waals surface area contributed by atoms with Crippen LogP contribution >= 0.6 is 0 Å². The molecule has 15 heavy (non-hydrogen) atoms. The number of amides is 1. The average Bonchev–Trinajstić information content (AvgIpc) is 2.11. The van der Waals surface area contributed by atoms with Gasteiger partial charge in [-0.05, 0) is 30.5 Å². The van der Waals surface area contributed by atoms with Crippen molar-refractivity contribution in [3.05, 3.63) is 23.8 Å². The maximum atomic E-state index is 11.5. The Hall–Kier alpha value is -1.51. The SMILES string of the molecule is Cc1c(N)cccc1NC(=O)CC(C)C. The summed E-state index contributed by atoms with van der Waals surface area (Å²) in [6.45, 7) is 5.94. The zero-order valence-corrected chi connectivity index (χ0v) is 9.50. The van der Waals surface area contributed by atoms with E-state index in [0.717, 1.165) is 11.3 Å². The maximum Gasteiger partial charge on any atom is 0.224 e. The Kier molecular flexibility index (Phi) is 3.72. The third-order valence-electron chi connectivity index (χ3n) is 2.24. The Bertz CT molecular complexity index is 359. The highest BCUT2D eigenvalue weighted by atomic mass is 16.1. The lowest BCUT2D eigenvalue weighted by atomic mass is 10.1. The summed E-state index contributed by atoms with van der Waals surface area (Å²) in [5.41, 5.74) is 8.18. The highest BCUT2D eigenvalue weighted by Gasteiger charge is 2.07. The molecule has 0 heterocycles. The molecule has 1 amide bonds. The van der Waals surface area contributed by atoms with Gasteiger partial charge in [0.05, 0.1) is 0 Å². The van der Waals surface area contributed by atoms with Crippen LogP contribution in [0.25, 0.3) is 0 Å². The van der Waals surface area contributed by atoms with E-state index in [-0.39, 0.29) is 5.91 Å². The van der Waals surface area contributed by atoms with Crippen molar-refractivity contribution in [2.75, 3.05) is 11.1 Å². The minimum Gasteiger partial charge on any atom is -0.398 e. The number of hydrogen-bond acceptors (Lipinski definition) is 2. The highest BCUT2D eigenvalue weighted by molar-refractivity contribution is 5.92. The Morgan fingerprint density at radius 2 is 2.13 bits per heavy atom. The van der Waals surface area contributed by atoms with E-state index < -0.39 is 0 Å². The third kappa shape index (κ3) is 3.27. The lowest BCUT2D eigenvalue weighted by Gasteiger charge is -2.11. The molecule has 1 rings (SSSR count). The molecule has 0 fully saturated rings. The monoisotopic (exact) mass is 206 g/mol. The van der Waals surface area contributed by atoms with Crippen molar-refractivity contribution in [1.82, 2.24) is 0 Å². The number of carbonyl (C=O) groups excluding carboxylic acids is 1. The summed E-state index contributed by atoms with van der Waals surface area (Å²) in [6.07, 6.45) is 0.536. The molecule has 0 aliphatic rings. The van der Waals surface area contributed by atoms with Crippen LogP contribution in [0, 0.1) is 12.8 Å². The van der Waals surface area contributed by atoms with Gasteiger partial charge in [-0.1, -0.05) is 19.9 Å². The number of rotatable bonds is 3. The van der Waals surface area contributed by atoms with Gasteiger partial charge in [0.25, 0.3) is 0 Å². The molecule has 1 aromatic carbocycles. The standard InChI is InChI=1S/C12H18N2O/c1-8(2)7-12(15)14-11-6-4-5-10(13)9(11)3/h4-6,8H,7,13H2,1-3H3,(H,14,15). The molecule has 3 N–H and O–H groups in total. The smallest absolute Gasteiger partial charge is 0.224 e. The van der Waals surface area contributed by atoms with E-state index in [1.807, 2.05) is 39.0 Å². The number of carbonyl (C=O) groups is 1. The second-order valence-corrected chi connectivity index (χ2v) is 4.17. The number of hydrogen-bond donors (Lipinski definition) is 2. The molecule has 0 aliphatic carbocycles. The highest BCUT2D eigenvalue weighted by Crippen LogP contribution is 2.20. The lowest BCUT2D eigenvalue weighted by Crippen LogP contribution is -2.14. The van der Waals surface area contributed by atoms with Gasteiger partial charge in [0, 0.05) is 17.8 Å². The summed E-state index contributed by atoms with van der Waals surface area (Å²) >= 11 is 0. The second-order valence-electron chi connectivity index (χ2n) is 4.17. The molecule has 0 saturated carbocycles. The van der Waals surface area contributed by atoms with Crippen LogP contribution in [0.4, 0.5) is 11.4 Å². The van der Waals surface area contributed by atoms with E-state index in [1.165, 1.54) is 0 Å². The lowest BCUT2D eigenvalue weighted by molar-refractivity contribution is -0.116. The van der Waals surface area contributed by atoms with Crippen molar-refractivity contribution < 1.29 is 4.79 Å².